The first kappa shape index (κ1) is 10.1. The van der Waals surface area contributed by atoms with Crippen molar-refractivity contribution in [2.75, 3.05) is 19.7 Å². The van der Waals surface area contributed by atoms with Crippen LogP contribution in [0.15, 0.2) is 0 Å². The summed E-state index contributed by atoms with van der Waals surface area (Å²) in [5.41, 5.74) is 0.0412. The minimum atomic E-state index is -0.689. The van der Waals surface area contributed by atoms with Crippen LogP contribution in [0, 0.1) is 5.92 Å². The van der Waals surface area contributed by atoms with Crippen LogP contribution in [0.1, 0.15) is 25.7 Å². The largest absolute Gasteiger partial charge is 0.517 e. The molecule has 1 unspecified atom stereocenters. The lowest BCUT2D eigenvalue weighted by Crippen LogP contribution is -2.40. The van der Waals surface area contributed by atoms with Crippen molar-refractivity contribution in [1.82, 2.24) is 0 Å². The maximum absolute atomic E-state index is 11.7. The van der Waals surface area contributed by atoms with Crippen LogP contribution in [0.4, 0.5) is 4.79 Å². The zero-order valence-electron chi connectivity index (χ0n) is 9.15. The van der Waals surface area contributed by atoms with Gasteiger partial charge >= 0.3 is 12.1 Å². The van der Waals surface area contributed by atoms with E-state index in [4.69, 9.17) is 9.84 Å². The van der Waals surface area contributed by atoms with Gasteiger partial charge in [0.2, 0.25) is 0 Å². The van der Waals surface area contributed by atoms with Gasteiger partial charge in [0, 0.05) is 12.8 Å². The summed E-state index contributed by atoms with van der Waals surface area (Å²) in [7, 11) is 0. The number of quaternary nitrogens is 1. The van der Waals surface area contributed by atoms with E-state index in [9.17, 15) is 9.59 Å². The molecule has 1 N–H and O–H groups in total. The molecule has 1 atom stereocenters. The third-order valence-corrected chi connectivity index (χ3v) is 4.68. The number of rotatable bonds is 1. The van der Waals surface area contributed by atoms with Crippen LogP contribution in [0.2, 0.25) is 0 Å². The van der Waals surface area contributed by atoms with Gasteiger partial charge in [-0.2, -0.15) is 4.79 Å². The standard InChI is InChI=1S/C11H15NO4/c13-9(14)8-1-3-11(4-2-8)7-12(11)5-6-16-10(12)15/h8H,1-7H2/p+1. The average Bonchev–Trinajstić information content (AvgIpc) is 2.70. The predicted molar refractivity (Wildman–Crippen MR) is 53.7 cm³/mol. The maximum atomic E-state index is 11.7. The lowest BCUT2D eigenvalue weighted by molar-refractivity contribution is -0.738. The molecule has 1 saturated carbocycles. The summed E-state index contributed by atoms with van der Waals surface area (Å²) >= 11 is 0. The van der Waals surface area contributed by atoms with Gasteiger partial charge in [0.05, 0.1) is 5.92 Å². The summed E-state index contributed by atoms with van der Waals surface area (Å²) in [6, 6.07) is 0. The van der Waals surface area contributed by atoms with E-state index in [2.05, 4.69) is 0 Å². The monoisotopic (exact) mass is 226 g/mol. The molecule has 0 aromatic heterocycles. The molecule has 3 rings (SSSR count). The van der Waals surface area contributed by atoms with Crippen molar-refractivity contribution < 1.29 is 23.9 Å². The second kappa shape index (κ2) is 2.97. The summed E-state index contributed by atoms with van der Waals surface area (Å²) < 4.78 is 5.53. The molecular weight excluding hydrogens is 210 g/mol. The molecule has 16 heavy (non-hydrogen) atoms. The topological polar surface area (TPSA) is 63.6 Å². The van der Waals surface area contributed by atoms with Crippen molar-refractivity contribution in [2.24, 2.45) is 5.92 Å². The Balaban J connectivity index is 1.72. The zero-order valence-corrected chi connectivity index (χ0v) is 9.15. The molecule has 0 aromatic rings. The number of ether oxygens (including phenoxy) is 1. The Morgan fingerprint density at radius 2 is 2.12 bits per heavy atom. The molecule has 2 saturated heterocycles. The molecule has 5 heteroatoms. The predicted octanol–water partition coefficient (Wildman–Crippen LogP) is 0.981. The van der Waals surface area contributed by atoms with E-state index < -0.39 is 5.97 Å². The number of carboxylic acids is 1. The molecule has 1 amide bonds. The van der Waals surface area contributed by atoms with Gasteiger partial charge in [-0.1, -0.05) is 0 Å². The molecule has 1 aliphatic carbocycles. The summed E-state index contributed by atoms with van der Waals surface area (Å²) in [4.78, 5) is 22.5. The SMILES string of the molecule is O=C(O)C1CCC2(CC1)C[N+]21CCOC1=O. The van der Waals surface area contributed by atoms with E-state index in [-0.39, 0.29) is 17.6 Å². The first-order valence-corrected chi connectivity index (χ1v) is 5.87. The number of amides is 1. The lowest BCUT2D eigenvalue weighted by Gasteiger charge is -2.25. The van der Waals surface area contributed by atoms with Gasteiger partial charge in [0.1, 0.15) is 19.7 Å². The third kappa shape index (κ3) is 1.09. The van der Waals surface area contributed by atoms with Crippen LogP contribution in [0.3, 0.4) is 0 Å². The quantitative estimate of drug-likeness (QED) is 0.534. The lowest BCUT2D eigenvalue weighted by atomic mass is 9.81. The third-order valence-electron chi connectivity index (χ3n) is 4.68. The molecule has 2 aliphatic heterocycles. The van der Waals surface area contributed by atoms with E-state index in [1.54, 1.807) is 0 Å². The number of carbonyl (C=O) groups is 2. The Morgan fingerprint density at radius 3 is 2.62 bits per heavy atom. The number of carbonyl (C=O) groups excluding carboxylic acids is 1. The molecule has 5 nitrogen and oxygen atoms in total. The fourth-order valence-electron chi connectivity index (χ4n) is 3.53. The molecule has 3 aliphatic rings. The first-order chi connectivity index (χ1) is 7.60. The average molecular weight is 226 g/mol. The second-order valence-corrected chi connectivity index (χ2v) is 5.30. The summed E-state index contributed by atoms with van der Waals surface area (Å²) in [5.74, 6) is -0.893. The van der Waals surface area contributed by atoms with Crippen molar-refractivity contribution in [3.63, 3.8) is 0 Å². The Kier molecular flexibility index (Phi) is 1.87. The Morgan fingerprint density at radius 1 is 1.44 bits per heavy atom. The maximum Gasteiger partial charge on any atom is 0.517 e. The minimum absolute atomic E-state index is 0.0412. The van der Waals surface area contributed by atoms with Crippen LogP contribution in [-0.4, -0.2) is 46.9 Å². The molecule has 3 fully saturated rings. The zero-order chi connectivity index (χ0) is 11.4. The molecule has 0 bridgehead atoms. The highest BCUT2D eigenvalue weighted by Crippen LogP contribution is 2.55. The van der Waals surface area contributed by atoms with E-state index in [0.717, 1.165) is 25.9 Å². The van der Waals surface area contributed by atoms with Gasteiger partial charge in [-0.05, 0) is 12.8 Å². The van der Waals surface area contributed by atoms with E-state index in [1.165, 1.54) is 0 Å². The van der Waals surface area contributed by atoms with Gasteiger partial charge < -0.3 is 9.84 Å². The number of carboxylic acid groups (broad SMARTS) is 1. The Bertz CT molecular complexity index is 359. The van der Waals surface area contributed by atoms with Crippen LogP contribution in [-0.2, 0) is 9.53 Å². The summed E-state index contributed by atoms with van der Waals surface area (Å²) in [6.07, 6.45) is 3.05. The van der Waals surface area contributed by atoms with Crippen molar-refractivity contribution >= 4 is 12.1 Å². The Labute approximate surface area is 93.6 Å². The van der Waals surface area contributed by atoms with E-state index in [1.807, 2.05) is 0 Å². The number of nitrogens with zero attached hydrogens (tertiary/aromatic N) is 1. The number of cyclic esters (lactones) is 1. The highest BCUT2D eigenvalue weighted by Gasteiger charge is 2.76. The smallest absolute Gasteiger partial charge is 0.481 e. The summed E-state index contributed by atoms with van der Waals surface area (Å²) in [5, 5.41) is 8.94. The molecular formula is C11H16NO4+. The van der Waals surface area contributed by atoms with Crippen molar-refractivity contribution in [1.29, 1.82) is 0 Å². The van der Waals surface area contributed by atoms with E-state index in [0.29, 0.717) is 23.9 Å². The second-order valence-electron chi connectivity index (χ2n) is 5.30. The molecule has 2 spiro atoms. The van der Waals surface area contributed by atoms with Gasteiger partial charge in [0.15, 0.2) is 5.54 Å². The normalized spacial score (nSPS) is 46.0. The molecule has 88 valence electrons. The number of aliphatic carboxylic acids is 1. The molecule has 0 aromatic carbocycles. The van der Waals surface area contributed by atoms with Crippen molar-refractivity contribution in [3.8, 4) is 0 Å². The van der Waals surface area contributed by atoms with Gasteiger partial charge in [-0.25, -0.2) is 4.48 Å². The van der Waals surface area contributed by atoms with Crippen LogP contribution in [0.5, 0.6) is 0 Å². The molecule has 2 heterocycles. The Hall–Kier alpha value is -1.10. The summed E-state index contributed by atoms with van der Waals surface area (Å²) in [6.45, 7) is 2.19. The van der Waals surface area contributed by atoms with Crippen molar-refractivity contribution in [3.05, 3.63) is 0 Å². The number of hydrogen-bond donors (Lipinski definition) is 1. The number of fused-ring (bicyclic) bond motifs is 1. The van der Waals surface area contributed by atoms with E-state index >= 15 is 0 Å². The number of hydrogen-bond acceptors (Lipinski definition) is 3. The first-order valence-electron chi connectivity index (χ1n) is 5.87. The highest BCUT2D eigenvalue weighted by atomic mass is 16.6. The van der Waals surface area contributed by atoms with Crippen LogP contribution >= 0.6 is 0 Å². The van der Waals surface area contributed by atoms with Gasteiger partial charge in [0.25, 0.3) is 0 Å². The highest BCUT2D eigenvalue weighted by molar-refractivity contribution is 5.70. The van der Waals surface area contributed by atoms with Gasteiger partial charge in [-0.3, -0.25) is 4.79 Å². The van der Waals surface area contributed by atoms with Crippen molar-refractivity contribution in [2.45, 2.75) is 31.2 Å². The fraction of sp³-hybridized carbons (Fsp3) is 0.818. The van der Waals surface area contributed by atoms with Gasteiger partial charge in [-0.15, -0.1) is 0 Å². The van der Waals surface area contributed by atoms with Crippen LogP contribution < -0.4 is 0 Å². The minimum Gasteiger partial charge on any atom is -0.481 e. The fourth-order valence-corrected chi connectivity index (χ4v) is 3.53. The molecule has 0 radical (unpaired) electrons. The van der Waals surface area contributed by atoms with Crippen LogP contribution in [0.25, 0.3) is 0 Å².